The second kappa shape index (κ2) is 9.46. The van der Waals surface area contributed by atoms with E-state index < -0.39 is 0 Å². The summed E-state index contributed by atoms with van der Waals surface area (Å²) in [6.07, 6.45) is 2.06. The van der Waals surface area contributed by atoms with Crippen LogP contribution < -0.4 is 10.1 Å². The molecule has 2 unspecified atom stereocenters. The fourth-order valence-electron chi connectivity index (χ4n) is 4.79. The predicted molar refractivity (Wildman–Crippen MR) is 122 cm³/mol. The Morgan fingerprint density at radius 2 is 1.97 bits per heavy atom. The molecule has 1 aromatic heterocycles. The number of hydrogen-bond donors (Lipinski definition) is 1. The van der Waals surface area contributed by atoms with Gasteiger partial charge in [-0.05, 0) is 19.4 Å². The molecule has 0 amide bonds. The smallest absolute Gasteiger partial charge is 0.194 e. The fourth-order valence-corrected chi connectivity index (χ4v) is 4.79. The number of benzene rings is 1. The molecule has 2 fully saturated rings. The van der Waals surface area contributed by atoms with Crippen molar-refractivity contribution >= 4 is 5.96 Å². The first-order valence-corrected chi connectivity index (χ1v) is 11.6. The number of ether oxygens (including phenoxy) is 2. The van der Waals surface area contributed by atoms with Gasteiger partial charge in [0, 0.05) is 51.3 Å². The molecule has 3 aliphatic rings. The number of morpholine rings is 1. The Bertz CT molecular complexity index is 954. The van der Waals surface area contributed by atoms with Gasteiger partial charge in [0.25, 0.3) is 0 Å². The molecule has 1 N–H and O–H groups in total. The molecule has 3 aliphatic heterocycles. The Morgan fingerprint density at radius 1 is 1.12 bits per heavy atom. The molecular formula is C23H33N7O2. The number of aryl methyl sites for hydroxylation is 1. The average molecular weight is 440 g/mol. The normalized spacial score (nSPS) is 24.3. The van der Waals surface area contributed by atoms with Crippen LogP contribution in [0.1, 0.15) is 36.1 Å². The molecule has 2 atom stereocenters. The molecule has 9 heteroatoms. The summed E-state index contributed by atoms with van der Waals surface area (Å²) in [6, 6.07) is 9.03. The van der Waals surface area contributed by atoms with Crippen LogP contribution in [0.15, 0.2) is 29.3 Å². The topological polar surface area (TPSA) is 80.0 Å². The third-order valence-electron chi connectivity index (χ3n) is 6.84. The standard InChI is InChI=1S/C23H33N7O2/c1-17-26-27-22(28(17)2)15-24-23(25-20-8-12-32-21-6-4-3-5-19(20)21)30-9-7-18(16-30)29-10-13-31-14-11-29/h3-6,18,20H,7-16H2,1-2H3,(H,24,25). The van der Waals surface area contributed by atoms with Crippen molar-refractivity contribution in [3.8, 4) is 5.75 Å². The molecule has 2 aromatic rings. The molecule has 0 saturated carbocycles. The number of hydrogen-bond acceptors (Lipinski definition) is 6. The van der Waals surface area contributed by atoms with Gasteiger partial charge in [0.05, 0.1) is 25.9 Å². The second-order valence-electron chi connectivity index (χ2n) is 8.77. The van der Waals surface area contributed by atoms with Gasteiger partial charge >= 0.3 is 0 Å². The molecule has 9 nitrogen and oxygen atoms in total. The predicted octanol–water partition coefficient (Wildman–Crippen LogP) is 1.50. The van der Waals surface area contributed by atoms with E-state index in [0.717, 1.165) is 75.6 Å². The molecule has 0 aliphatic carbocycles. The van der Waals surface area contributed by atoms with Crippen molar-refractivity contribution < 1.29 is 9.47 Å². The lowest BCUT2D eigenvalue weighted by Crippen LogP contribution is -2.47. The van der Waals surface area contributed by atoms with Crippen molar-refractivity contribution in [2.24, 2.45) is 12.0 Å². The lowest BCUT2D eigenvalue weighted by atomic mass is 10.0. The molecule has 0 spiro atoms. The van der Waals surface area contributed by atoms with Crippen molar-refractivity contribution in [2.75, 3.05) is 46.0 Å². The summed E-state index contributed by atoms with van der Waals surface area (Å²) in [6.45, 7) is 8.86. The summed E-state index contributed by atoms with van der Waals surface area (Å²) in [5.41, 5.74) is 1.20. The minimum Gasteiger partial charge on any atom is -0.493 e. The van der Waals surface area contributed by atoms with Crippen molar-refractivity contribution in [1.82, 2.24) is 29.9 Å². The van der Waals surface area contributed by atoms with E-state index in [0.29, 0.717) is 19.2 Å². The SMILES string of the molecule is Cc1nnc(CN=C(NC2CCOc3ccccc32)N2CCC(N3CCOCC3)C2)n1C. The van der Waals surface area contributed by atoms with Gasteiger partial charge in [-0.1, -0.05) is 18.2 Å². The van der Waals surface area contributed by atoms with Crippen LogP contribution in [0.2, 0.25) is 0 Å². The van der Waals surface area contributed by atoms with Gasteiger partial charge in [-0.3, -0.25) is 4.90 Å². The highest BCUT2D eigenvalue weighted by molar-refractivity contribution is 5.81. The minimum absolute atomic E-state index is 0.183. The number of aromatic nitrogens is 3. The molecule has 32 heavy (non-hydrogen) atoms. The third kappa shape index (κ3) is 4.45. The molecular weight excluding hydrogens is 406 g/mol. The highest BCUT2D eigenvalue weighted by Gasteiger charge is 2.32. The first kappa shape index (κ1) is 21.2. The van der Waals surface area contributed by atoms with Gasteiger partial charge in [0.15, 0.2) is 11.8 Å². The number of aliphatic imine (C=N–C) groups is 1. The van der Waals surface area contributed by atoms with Gasteiger partial charge in [0.2, 0.25) is 0 Å². The van der Waals surface area contributed by atoms with Gasteiger partial charge in [0.1, 0.15) is 18.1 Å². The first-order valence-electron chi connectivity index (χ1n) is 11.6. The zero-order chi connectivity index (χ0) is 21.9. The largest absolute Gasteiger partial charge is 0.493 e. The lowest BCUT2D eigenvalue weighted by Gasteiger charge is -2.33. The number of guanidine groups is 1. The van der Waals surface area contributed by atoms with E-state index in [-0.39, 0.29) is 6.04 Å². The molecule has 172 valence electrons. The molecule has 0 bridgehead atoms. The van der Waals surface area contributed by atoms with Crippen LogP contribution in [0.25, 0.3) is 0 Å². The molecule has 2 saturated heterocycles. The summed E-state index contributed by atoms with van der Waals surface area (Å²) in [5.74, 6) is 3.69. The highest BCUT2D eigenvalue weighted by Crippen LogP contribution is 2.32. The van der Waals surface area contributed by atoms with Gasteiger partial charge in [-0.25, -0.2) is 4.99 Å². The van der Waals surface area contributed by atoms with Crippen molar-refractivity contribution in [3.63, 3.8) is 0 Å². The van der Waals surface area contributed by atoms with Crippen LogP contribution in [0.3, 0.4) is 0 Å². The van der Waals surface area contributed by atoms with Crippen LogP contribution in [0, 0.1) is 6.92 Å². The monoisotopic (exact) mass is 439 g/mol. The number of likely N-dealkylation sites (tertiary alicyclic amines) is 1. The minimum atomic E-state index is 0.183. The molecule has 5 rings (SSSR count). The van der Waals surface area contributed by atoms with Crippen molar-refractivity contribution in [1.29, 1.82) is 0 Å². The summed E-state index contributed by atoms with van der Waals surface area (Å²) in [7, 11) is 1.99. The lowest BCUT2D eigenvalue weighted by molar-refractivity contribution is 0.0194. The van der Waals surface area contributed by atoms with Crippen LogP contribution >= 0.6 is 0 Å². The number of fused-ring (bicyclic) bond motifs is 1. The Labute approximate surface area is 189 Å². The Hall–Kier alpha value is -2.65. The van der Waals surface area contributed by atoms with Gasteiger partial charge < -0.3 is 24.3 Å². The third-order valence-corrected chi connectivity index (χ3v) is 6.84. The van der Waals surface area contributed by atoms with E-state index in [1.807, 2.05) is 30.7 Å². The van der Waals surface area contributed by atoms with Crippen molar-refractivity contribution in [2.45, 2.75) is 38.4 Å². The van der Waals surface area contributed by atoms with Crippen molar-refractivity contribution in [3.05, 3.63) is 41.5 Å². The second-order valence-corrected chi connectivity index (χ2v) is 8.77. The van der Waals surface area contributed by atoms with Gasteiger partial charge in [-0.2, -0.15) is 0 Å². The van der Waals surface area contributed by atoms with E-state index in [1.165, 1.54) is 5.56 Å². The van der Waals surface area contributed by atoms with Crippen LogP contribution in [0.5, 0.6) is 5.75 Å². The zero-order valence-electron chi connectivity index (χ0n) is 19.0. The Balaban J connectivity index is 1.36. The van der Waals surface area contributed by atoms with Crippen LogP contribution in [0.4, 0.5) is 0 Å². The first-order chi connectivity index (χ1) is 15.7. The van der Waals surface area contributed by atoms with Crippen LogP contribution in [-0.4, -0.2) is 82.6 Å². The van der Waals surface area contributed by atoms with E-state index >= 15 is 0 Å². The maximum atomic E-state index is 5.87. The maximum absolute atomic E-state index is 5.87. The highest BCUT2D eigenvalue weighted by atomic mass is 16.5. The quantitative estimate of drug-likeness (QED) is 0.571. The molecule has 0 radical (unpaired) electrons. The van der Waals surface area contributed by atoms with E-state index in [2.05, 4.69) is 37.4 Å². The maximum Gasteiger partial charge on any atom is 0.194 e. The van der Waals surface area contributed by atoms with E-state index in [1.54, 1.807) is 0 Å². The van der Waals surface area contributed by atoms with Crippen LogP contribution in [-0.2, 0) is 18.3 Å². The number of nitrogens with zero attached hydrogens (tertiary/aromatic N) is 6. The van der Waals surface area contributed by atoms with Gasteiger partial charge in [-0.15, -0.1) is 10.2 Å². The zero-order valence-corrected chi connectivity index (χ0v) is 19.0. The summed E-state index contributed by atoms with van der Waals surface area (Å²) < 4.78 is 13.4. The van der Waals surface area contributed by atoms with E-state index in [4.69, 9.17) is 14.5 Å². The summed E-state index contributed by atoms with van der Waals surface area (Å²) in [4.78, 5) is 9.99. The Kier molecular flexibility index (Phi) is 6.27. The number of rotatable bonds is 4. The average Bonchev–Trinajstić information content (AvgIpc) is 3.45. The fraction of sp³-hybridized carbons (Fsp3) is 0.609. The Morgan fingerprint density at radius 3 is 2.78 bits per heavy atom. The molecule has 1 aromatic carbocycles. The summed E-state index contributed by atoms with van der Waals surface area (Å²) >= 11 is 0. The summed E-state index contributed by atoms with van der Waals surface area (Å²) in [5, 5.41) is 12.3. The van der Waals surface area contributed by atoms with E-state index in [9.17, 15) is 0 Å². The number of nitrogens with one attached hydrogen (secondary N) is 1. The number of para-hydroxylation sites is 1. The molecule has 4 heterocycles.